The summed E-state index contributed by atoms with van der Waals surface area (Å²) in [5.74, 6) is -2.87. The van der Waals surface area contributed by atoms with Crippen molar-refractivity contribution in [2.75, 3.05) is 26.2 Å². The molecule has 0 saturated carbocycles. The Morgan fingerprint density at radius 3 is 2.79 bits per heavy atom. The van der Waals surface area contributed by atoms with Gasteiger partial charge in [-0.15, -0.1) is 0 Å². The van der Waals surface area contributed by atoms with Crippen LogP contribution < -0.4 is 0 Å². The third-order valence-corrected chi connectivity index (χ3v) is 5.01. The van der Waals surface area contributed by atoms with Crippen molar-refractivity contribution in [1.29, 1.82) is 0 Å². The summed E-state index contributed by atoms with van der Waals surface area (Å²) in [6.45, 7) is 0.223. The van der Waals surface area contributed by atoms with Crippen LogP contribution in [-0.2, 0) is 0 Å². The molecule has 0 spiro atoms. The van der Waals surface area contributed by atoms with E-state index in [1.54, 1.807) is 9.80 Å². The maximum Gasteiger partial charge on any atom is 0.270 e. The summed E-state index contributed by atoms with van der Waals surface area (Å²) < 4.78 is 27.1. The standard InChI is InChI=1S/C17H19F2N3O2/c18-17(19)6-12(9-23)22(10-17)13-7-21(8-13)16(24)15-5-11-3-1-2-4-14(11)20-15/h1-5,12-13,20,23H,6-10H2/t12-/m0/s1. The predicted octanol–water partition coefficient (Wildman–Crippen LogP) is 1.69. The van der Waals surface area contributed by atoms with Crippen LogP contribution in [0.3, 0.4) is 0 Å². The van der Waals surface area contributed by atoms with Crippen molar-refractivity contribution in [3.8, 4) is 0 Å². The Morgan fingerprint density at radius 1 is 1.33 bits per heavy atom. The van der Waals surface area contributed by atoms with Gasteiger partial charge in [-0.2, -0.15) is 0 Å². The number of rotatable bonds is 3. The van der Waals surface area contributed by atoms with Gasteiger partial charge in [0, 0.05) is 42.5 Å². The number of aliphatic hydroxyl groups is 1. The second kappa shape index (κ2) is 5.53. The van der Waals surface area contributed by atoms with E-state index >= 15 is 0 Å². The number of aromatic amines is 1. The molecule has 2 aliphatic heterocycles. The lowest BCUT2D eigenvalue weighted by Gasteiger charge is -2.45. The van der Waals surface area contributed by atoms with Crippen molar-refractivity contribution in [2.24, 2.45) is 0 Å². The van der Waals surface area contributed by atoms with E-state index in [4.69, 9.17) is 0 Å². The lowest BCUT2D eigenvalue weighted by Crippen LogP contribution is -2.62. The number of alkyl halides is 2. The quantitative estimate of drug-likeness (QED) is 0.897. The van der Waals surface area contributed by atoms with Crippen LogP contribution in [0.5, 0.6) is 0 Å². The molecule has 4 rings (SSSR count). The van der Waals surface area contributed by atoms with E-state index in [9.17, 15) is 18.7 Å². The van der Waals surface area contributed by atoms with Crippen LogP contribution in [-0.4, -0.2) is 70.0 Å². The van der Waals surface area contributed by atoms with Crippen molar-refractivity contribution in [1.82, 2.24) is 14.8 Å². The number of halogens is 2. The summed E-state index contributed by atoms with van der Waals surface area (Å²) in [5, 5.41) is 10.3. The van der Waals surface area contributed by atoms with Gasteiger partial charge in [-0.25, -0.2) is 8.78 Å². The number of nitrogens with zero attached hydrogens (tertiary/aromatic N) is 2. The number of amides is 1. The minimum Gasteiger partial charge on any atom is -0.395 e. The number of fused-ring (bicyclic) bond motifs is 1. The number of likely N-dealkylation sites (tertiary alicyclic amines) is 2. The highest BCUT2D eigenvalue weighted by atomic mass is 19.3. The molecule has 1 aromatic heterocycles. The zero-order valence-corrected chi connectivity index (χ0v) is 13.1. The average molecular weight is 335 g/mol. The molecule has 2 aromatic rings. The van der Waals surface area contributed by atoms with Gasteiger partial charge in [0.2, 0.25) is 0 Å². The monoisotopic (exact) mass is 335 g/mol. The van der Waals surface area contributed by atoms with Crippen LogP contribution in [0.1, 0.15) is 16.9 Å². The normalized spacial score (nSPS) is 24.5. The summed E-state index contributed by atoms with van der Waals surface area (Å²) in [4.78, 5) is 18.9. The van der Waals surface area contributed by atoms with Crippen LogP contribution in [0.2, 0.25) is 0 Å². The highest BCUT2D eigenvalue weighted by molar-refractivity contribution is 5.98. The number of nitrogens with one attached hydrogen (secondary N) is 1. The fourth-order valence-corrected chi connectivity index (χ4v) is 3.71. The molecular weight excluding hydrogens is 316 g/mol. The minimum atomic E-state index is -2.75. The minimum absolute atomic E-state index is 0.108. The molecule has 0 aliphatic carbocycles. The molecule has 3 heterocycles. The maximum atomic E-state index is 13.6. The van der Waals surface area contributed by atoms with Gasteiger partial charge in [0.15, 0.2) is 0 Å². The van der Waals surface area contributed by atoms with Crippen molar-refractivity contribution in [2.45, 2.75) is 24.4 Å². The zero-order valence-electron chi connectivity index (χ0n) is 13.1. The Morgan fingerprint density at radius 2 is 2.08 bits per heavy atom. The van der Waals surface area contributed by atoms with Crippen molar-refractivity contribution in [3.63, 3.8) is 0 Å². The van der Waals surface area contributed by atoms with Crippen LogP contribution in [0.4, 0.5) is 8.78 Å². The fourth-order valence-electron chi connectivity index (χ4n) is 3.71. The molecule has 7 heteroatoms. The molecule has 2 aliphatic rings. The molecule has 24 heavy (non-hydrogen) atoms. The van der Waals surface area contributed by atoms with Gasteiger partial charge in [-0.1, -0.05) is 18.2 Å². The largest absolute Gasteiger partial charge is 0.395 e. The van der Waals surface area contributed by atoms with Gasteiger partial charge in [0.25, 0.3) is 11.8 Å². The molecule has 2 fully saturated rings. The molecule has 5 nitrogen and oxygen atoms in total. The number of carbonyl (C=O) groups excluding carboxylic acids is 1. The van der Waals surface area contributed by atoms with E-state index in [1.165, 1.54) is 0 Å². The molecular formula is C17H19F2N3O2. The van der Waals surface area contributed by atoms with Crippen LogP contribution in [0, 0.1) is 0 Å². The number of hydrogen-bond donors (Lipinski definition) is 2. The molecule has 128 valence electrons. The van der Waals surface area contributed by atoms with Gasteiger partial charge in [0.05, 0.1) is 13.2 Å². The second-order valence-corrected chi connectivity index (χ2v) is 6.70. The van der Waals surface area contributed by atoms with Crippen LogP contribution in [0.15, 0.2) is 30.3 Å². The first kappa shape index (κ1) is 15.5. The Hall–Kier alpha value is -1.99. The molecule has 2 saturated heterocycles. The van der Waals surface area contributed by atoms with E-state index in [0.29, 0.717) is 18.8 Å². The topological polar surface area (TPSA) is 59.6 Å². The number of aliphatic hydroxyl groups excluding tert-OH is 1. The Bertz CT molecular complexity index is 737. The summed E-state index contributed by atoms with van der Waals surface area (Å²) in [6.07, 6.45) is -0.310. The first-order valence-electron chi connectivity index (χ1n) is 8.08. The fraction of sp³-hybridized carbons (Fsp3) is 0.471. The van der Waals surface area contributed by atoms with Crippen LogP contribution >= 0.6 is 0 Å². The number of para-hydroxylation sites is 1. The average Bonchev–Trinajstić information content (AvgIpc) is 3.06. The summed E-state index contributed by atoms with van der Waals surface area (Å²) in [6, 6.07) is 8.83. The Balaban J connectivity index is 1.42. The van der Waals surface area contributed by atoms with Crippen molar-refractivity contribution in [3.05, 3.63) is 36.0 Å². The number of carbonyl (C=O) groups is 1. The first-order chi connectivity index (χ1) is 11.5. The Labute approximate surface area is 137 Å². The van der Waals surface area contributed by atoms with E-state index in [-0.39, 0.29) is 31.5 Å². The van der Waals surface area contributed by atoms with E-state index in [0.717, 1.165) is 10.9 Å². The Kier molecular flexibility index (Phi) is 3.58. The number of hydrogen-bond acceptors (Lipinski definition) is 3. The molecule has 0 unspecified atom stereocenters. The van der Waals surface area contributed by atoms with E-state index in [1.807, 2.05) is 30.3 Å². The third-order valence-electron chi connectivity index (χ3n) is 5.01. The van der Waals surface area contributed by atoms with Crippen molar-refractivity contribution >= 4 is 16.8 Å². The summed E-state index contributed by atoms with van der Waals surface area (Å²) in [7, 11) is 0. The smallest absolute Gasteiger partial charge is 0.270 e. The van der Waals surface area contributed by atoms with Gasteiger partial charge >= 0.3 is 0 Å². The number of H-pyrrole nitrogens is 1. The van der Waals surface area contributed by atoms with Gasteiger partial charge in [-0.3, -0.25) is 9.69 Å². The molecule has 0 radical (unpaired) electrons. The zero-order chi connectivity index (χ0) is 16.9. The van der Waals surface area contributed by atoms with Crippen molar-refractivity contribution < 1.29 is 18.7 Å². The van der Waals surface area contributed by atoms with E-state index in [2.05, 4.69) is 4.98 Å². The predicted molar refractivity (Wildman–Crippen MR) is 85.1 cm³/mol. The summed E-state index contributed by atoms with van der Waals surface area (Å²) in [5.41, 5.74) is 1.41. The number of aromatic nitrogens is 1. The first-order valence-corrected chi connectivity index (χ1v) is 8.08. The second-order valence-electron chi connectivity index (χ2n) is 6.70. The lowest BCUT2D eigenvalue weighted by molar-refractivity contribution is -0.0126. The maximum absolute atomic E-state index is 13.6. The highest BCUT2D eigenvalue weighted by Crippen LogP contribution is 2.35. The molecule has 2 N–H and O–H groups in total. The van der Waals surface area contributed by atoms with Gasteiger partial charge in [0.1, 0.15) is 5.69 Å². The molecule has 0 bridgehead atoms. The third kappa shape index (κ3) is 2.57. The van der Waals surface area contributed by atoms with Gasteiger partial charge in [-0.05, 0) is 12.1 Å². The lowest BCUT2D eigenvalue weighted by atomic mass is 10.1. The molecule has 1 amide bonds. The van der Waals surface area contributed by atoms with Gasteiger partial charge < -0.3 is 15.0 Å². The SMILES string of the molecule is O=C(c1cc2ccccc2[nH]1)N1CC(N2CC(F)(F)C[C@H]2CO)C1. The molecule has 1 aromatic carbocycles. The summed E-state index contributed by atoms with van der Waals surface area (Å²) >= 11 is 0. The van der Waals surface area contributed by atoms with Crippen LogP contribution in [0.25, 0.3) is 10.9 Å². The molecule has 1 atom stereocenters. The highest BCUT2D eigenvalue weighted by Gasteiger charge is 2.50. The number of benzene rings is 1. The van der Waals surface area contributed by atoms with E-state index < -0.39 is 12.0 Å².